The first-order valence-electron chi connectivity index (χ1n) is 4.44. The van der Waals surface area contributed by atoms with Crippen molar-refractivity contribution < 1.29 is 32.2 Å². The Morgan fingerprint density at radius 3 is 2.33 bits per heavy atom. The molecule has 1 aromatic heterocycles. The fourth-order valence-electron chi connectivity index (χ4n) is 1.16. The molecule has 1 aromatic rings. The molecule has 0 fully saturated rings. The summed E-state index contributed by atoms with van der Waals surface area (Å²) in [7, 11) is 1.94. The molecule has 18 heavy (non-hydrogen) atoms. The van der Waals surface area contributed by atoms with Gasteiger partial charge in [-0.25, -0.2) is 4.79 Å². The monoisotopic (exact) mass is 267 g/mol. The van der Waals surface area contributed by atoms with Gasteiger partial charge in [-0.3, -0.25) is 4.79 Å². The molecule has 1 N–H and O–H groups in total. The lowest BCUT2D eigenvalue weighted by molar-refractivity contribution is -0.275. The van der Waals surface area contributed by atoms with Crippen LogP contribution in [0.3, 0.4) is 0 Å². The number of rotatable bonds is 3. The van der Waals surface area contributed by atoms with E-state index in [9.17, 15) is 22.8 Å². The minimum atomic E-state index is -5.08. The zero-order chi connectivity index (χ0) is 13.9. The summed E-state index contributed by atoms with van der Waals surface area (Å²) in [4.78, 5) is 24.5. The van der Waals surface area contributed by atoms with Gasteiger partial charge in [0.1, 0.15) is 5.56 Å². The number of nitrogens with one attached hydrogen (secondary N) is 1. The van der Waals surface area contributed by atoms with Crippen molar-refractivity contribution in [1.82, 2.24) is 4.98 Å². The van der Waals surface area contributed by atoms with E-state index >= 15 is 0 Å². The van der Waals surface area contributed by atoms with Gasteiger partial charge in [0.2, 0.25) is 5.75 Å². The van der Waals surface area contributed by atoms with Crippen LogP contribution < -0.4 is 15.0 Å². The van der Waals surface area contributed by atoms with Crippen LogP contribution in [0.5, 0.6) is 11.5 Å². The SMILES string of the molecule is COC(=O)c1c[nH]c(=O)c(OC)c1OC(F)(F)F. The zero-order valence-corrected chi connectivity index (χ0v) is 9.25. The highest BCUT2D eigenvalue weighted by Gasteiger charge is 2.36. The van der Waals surface area contributed by atoms with Gasteiger partial charge in [-0.1, -0.05) is 0 Å². The molecule has 6 nitrogen and oxygen atoms in total. The van der Waals surface area contributed by atoms with Crippen LogP contribution in [0.25, 0.3) is 0 Å². The number of esters is 1. The standard InChI is InChI=1S/C9H8F3NO5/c1-16-6-5(18-9(10,11)12)4(8(15)17-2)3-13-7(6)14/h3H,1-2H3,(H,13,14). The number of methoxy groups -OCH3 is 2. The molecule has 0 aliphatic heterocycles. The third-order valence-corrected chi connectivity index (χ3v) is 1.83. The Bertz CT molecular complexity index is 508. The molecule has 0 spiro atoms. The fraction of sp³-hybridized carbons (Fsp3) is 0.333. The topological polar surface area (TPSA) is 77.6 Å². The Kier molecular flexibility index (Phi) is 3.84. The summed E-state index contributed by atoms with van der Waals surface area (Å²) in [5, 5.41) is 0. The third kappa shape index (κ3) is 2.93. The summed E-state index contributed by atoms with van der Waals surface area (Å²) < 4.78 is 48.9. The second kappa shape index (κ2) is 4.98. The van der Waals surface area contributed by atoms with Crippen molar-refractivity contribution in [2.24, 2.45) is 0 Å². The summed E-state index contributed by atoms with van der Waals surface area (Å²) in [5.41, 5.74) is -1.57. The molecule has 9 heteroatoms. The second-order valence-corrected chi connectivity index (χ2v) is 2.93. The maximum absolute atomic E-state index is 12.2. The number of ether oxygens (including phenoxy) is 3. The van der Waals surface area contributed by atoms with Crippen molar-refractivity contribution >= 4 is 5.97 Å². The van der Waals surface area contributed by atoms with Crippen LogP contribution >= 0.6 is 0 Å². The molecule has 0 amide bonds. The summed E-state index contributed by atoms with van der Waals surface area (Å²) in [6, 6.07) is 0. The highest BCUT2D eigenvalue weighted by Crippen LogP contribution is 2.32. The molecule has 1 rings (SSSR count). The van der Waals surface area contributed by atoms with E-state index in [0.29, 0.717) is 0 Å². The highest BCUT2D eigenvalue weighted by molar-refractivity contribution is 5.93. The van der Waals surface area contributed by atoms with E-state index < -0.39 is 35.0 Å². The number of carbonyl (C=O) groups is 1. The number of aromatic nitrogens is 1. The van der Waals surface area contributed by atoms with Crippen LogP contribution in [0.15, 0.2) is 11.0 Å². The first kappa shape index (κ1) is 13.9. The average molecular weight is 267 g/mol. The number of H-pyrrole nitrogens is 1. The largest absolute Gasteiger partial charge is 0.573 e. The Hall–Kier alpha value is -2.19. The molecular formula is C9H8F3NO5. The van der Waals surface area contributed by atoms with Gasteiger partial charge in [-0.15, -0.1) is 13.2 Å². The van der Waals surface area contributed by atoms with Crippen LogP contribution in [0.4, 0.5) is 13.2 Å². The van der Waals surface area contributed by atoms with E-state index in [1.54, 1.807) is 0 Å². The number of carbonyl (C=O) groups excluding carboxylic acids is 1. The van der Waals surface area contributed by atoms with Gasteiger partial charge in [0.25, 0.3) is 5.56 Å². The van der Waals surface area contributed by atoms with E-state index in [-0.39, 0.29) is 0 Å². The van der Waals surface area contributed by atoms with E-state index in [1.165, 1.54) is 0 Å². The minimum absolute atomic E-state index is 0.605. The maximum Gasteiger partial charge on any atom is 0.573 e. The van der Waals surface area contributed by atoms with Crippen LogP contribution in [-0.4, -0.2) is 31.5 Å². The van der Waals surface area contributed by atoms with Crippen LogP contribution in [0.2, 0.25) is 0 Å². The molecule has 0 bridgehead atoms. The van der Waals surface area contributed by atoms with Crippen LogP contribution in [-0.2, 0) is 4.74 Å². The summed E-state index contributed by atoms with van der Waals surface area (Å²) >= 11 is 0. The Balaban J connectivity index is 3.44. The van der Waals surface area contributed by atoms with Gasteiger partial charge in [-0.2, -0.15) is 0 Å². The smallest absolute Gasteiger partial charge is 0.488 e. The first-order chi connectivity index (χ1) is 8.30. The van der Waals surface area contributed by atoms with Crippen molar-refractivity contribution in [2.45, 2.75) is 6.36 Å². The van der Waals surface area contributed by atoms with E-state index in [2.05, 4.69) is 14.2 Å². The zero-order valence-electron chi connectivity index (χ0n) is 9.25. The number of pyridine rings is 1. The number of aromatic amines is 1. The normalized spacial score (nSPS) is 10.9. The molecule has 0 aromatic carbocycles. The van der Waals surface area contributed by atoms with E-state index in [4.69, 9.17) is 0 Å². The average Bonchev–Trinajstić information content (AvgIpc) is 2.26. The molecule has 0 saturated heterocycles. The maximum atomic E-state index is 12.2. The molecule has 0 saturated carbocycles. The summed E-state index contributed by atoms with van der Waals surface area (Å²) in [6.07, 6.45) is -4.33. The van der Waals surface area contributed by atoms with E-state index in [0.717, 1.165) is 20.4 Å². The van der Waals surface area contributed by atoms with Gasteiger partial charge in [0.05, 0.1) is 14.2 Å². The van der Waals surface area contributed by atoms with Gasteiger partial charge >= 0.3 is 12.3 Å². The van der Waals surface area contributed by atoms with Gasteiger partial charge in [-0.05, 0) is 0 Å². The minimum Gasteiger partial charge on any atom is -0.488 e. The number of halogens is 3. The van der Waals surface area contributed by atoms with Crippen molar-refractivity contribution in [2.75, 3.05) is 14.2 Å². The predicted molar refractivity (Wildman–Crippen MR) is 51.6 cm³/mol. The fourth-order valence-corrected chi connectivity index (χ4v) is 1.16. The van der Waals surface area contributed by atoms with Gasteiger partial charge in [0.15, 0.2) is 5.75 Å². The molecule has 0 radical (unpaired) electrons. The summed E-state index contributed by atoms with van der Waals surface area (Å²) in [6.45, 7) is 0. The van der Waals surface area contributed by atoms with Crippen molar-refractivity contribution in [3.05, 3.63) is 22.1 Å². The van der Waals surface area contributed by atoms with Crippen molar-refractivity contribution in [3.8, 4) is 11.5 Å². The van der Waals surface area contributed by atoms with Crippen LogP contribution in [0.1, 0.15) is 10.4 Å². The van der Waals surface area contributed by atoms with Crippen molar-refractivity contribution in [1.29, 1.82) is 0 Å². The third-order valence-electron chi connectivity index (χ3n) is 1.83. The Labute approximate surface area is 98.3 Å². The molecule has 100 valence electrons. The van der Waals surface area contributed by atoms with Crippen molar-refractivity contribution in [3.63, 3.8) is 0 Å². The molecule has 0 unspecified atom stereocenters. The molecule has 0 aliphatic rings. The van der Waals surface area contributed by atoms with Crippen LogP contribution in [0, 0.1) is 0 Å². The lowest BCUT2D eigenvalue weighted by Crippen LogP contribution is -2.23. The molecule has 0 atom stereocenters. The molecule has 0 aliphatic carbocycles. The van der Waals surface area contributed by atoms with Gasteiger partial charge < -0.3 is 19.2 Å². The summed E-state index contributed by atoms with van der Waals surface area (Å²) in [5.74, 6) is -2.92. The quantitative estimate of drug-likeness (QED) is 0.829. The number of hydrogen-bond donors (Lipinski definition) is 1. The van der Waals surface area contributed by atoms with Gasteiger partial charge in [0, 0.05) is 6.20 Å². The number of alkyl halides is 3. The first-order valence-corrected chi connectivity index (χ1v) is 4.44. The van der Waals surface area contributed by atoms with E-state index in [1.807, 2.05) is 4.98 Å². The number of hydrogen-bond acceptors (Lipinski definition) is 5. The molecule has 1 heterocycles. The predicted octanol–water partition coefficient (Wildman–Crippen LogP) is 1.07. The Morgan fingerprint density at radius 1 is 1.28 bits per heavy atom. The highest BCUT2D eigenvalue weighted by atomic mass is 19.4. The second-order valence-electron chi connectivity index (χ2n) is 2.93. The lowest BCUT2D eigenvalue weighted by Gasteiger charge is -2.14. The lowest BCUT2D eigenvalue weighted by atomic mass is 10.2. The molecular weight excluding hydrogens is 259 g/mol. The Morgan fingerprint density at radius 2 is 1.89 bits per heavy atom.